The molecule has 2 heterocycles. The SMILES string of the molecule is CC.CC.CC1/C=C(O)\C=C/COc2oc3c(O)cccc3c2C1=O. The fourth-order valence-corrected chi connectivity index (χ4v) is 2.33. The lowest BCUT2D eigenvalue weighted by atomic mass is 9.97. The van der Waals surface area contributed by atoms with Gasteiger partial charge in [-0.15, -0.1) is 0 Å². The molecule has 1 aromatic carbocycles. The molecule has 1 aliphatic heterocycles. The summed E-state index contributed by atoms with van der Waals surface area (Å²) in [7, 11) is 0. The minimum Gasteiger partial charge on any atom is -0.508 e. The van der Waals surface area contributed by atoms with Gasteiger partial charge in [0.05, 0.1) is 0 Å². The number of ketones is 1. The number of aliphatic hydroxyl groups excluding tert-OH is 1. The number of carbonyl (C=O) groups excluding carboxylic acids is 1. The van der Waals surface area contributed by atoms with Gasteiger partial charge in [-0.25, -0.2) is 0 Å². The lowest BCUT2D eigenvalue weighted by molar-refractivity contribution is 0.0946. The highest BCUT2D eigenvalue weighted by molar-refractivity contribution is 6.11. The first-order chi connectivity index (χ1) is 12.1. The Morgan fingerprint density at radius 2 is 1.80 bits per heavy atom. The average molecular weight is 346 g/mol. The van der Waals surface area contributed by atoms with Crippen LogP contribution >= 0.6 is 0 Å². The van der Waals surface area contributed by atoms with Crippen molar-refractivity contribution in [1.82, 2.24) is 0 Å². The summed E-state index contributed by atoms with van der Waals surface area (Å²) in [6.07, 6.45) is 4.55. The van der Waals surface area contributed by atoms with Gasteiger partial charge in [-0.1, -0.05) is 40.7 Å². The van der Waals surface area contributed by atoms with Gasteiger partial charge < -0.3 is 19.4 Å². The molecule has 0 saturated carbocycles. The molecule has 3 rings (SSSR count). The van der Waals surface area contributed by atoms with Crippen molar-refractivity contribution in [2.45, 2.75) is 34.6 Å². The molecule has 0 spiro atoms. The predicted octanol–water partition coefficient (Wildman–Crippen LogP) is 5.40. The van der Waals surface area contributed by atoms with Crippen LogP contribution in [0, 0.1) is 5.92 Å². The highest BCUT2D eigenvalue weighted by Crippen LogP contribution is 2.38. The zero-order valence-electron chi connectivity index (χ0n) is 15.4. The van der Waals surface area contributed by atoms with E-state index in [-0.39, 0.29) is 41.0 Å². The van der Waals surface area contributed by atoms with Crippen molar-refractivity contribution < 1.29 is 24.2 Å². The third-order valence-electron chi connectivity index (χ3n) is 3.34. The van der Waals surface area contributed by atoms with Crippen LogP contribution in [-0.4, -0.2) is 22.6 Å². The zero-order chi connectivity index (χ0) is 19.0. The molecule has 1 aromatic heterocycles. The Labute approximate surface area is 148 Å². The summed E-state index contributed by atoms with van der Waals surface area (Å²) in [4.78, 5) is 12.6. The van der Waals surface area contributed by atoms with Crippen molar-refractivity contribution in [3.8, 4) is 11.7 Å². The van der Waals surface area contributed by atoms with Crippen LogP contribution in [-0.2, 0) is 0 Å². The van der Waals surface area contributed by atoms with Crippen LogP contribution in [0.15, 0.2) is 46.6 Å². The van der Waals surface area contributed by atoms with Crippen molar-refractivity contribution in [3.05, 3.63) is 47.7 Å². The normalized spacial score (nSPS) is 19.8. The number of fused-ring (bicyclic) bond motifs is 3. The average Bonchev–Trinajstić information content (AvgIpc) is 3.01. The number of phenolic OH excluding ortho intramolecular Hbond substituents is 1. The van der Waals surface area contributed by atoms with E-state index in [1.165, 1.54) is 18.2 Å². The number of rotatable bonds is 0. The number of aliphatic hydroxyl groups is 1. The maximum atomic E-state index is 12.6. The second kappa shape index (κ2) is 9.57. The van der Waals surface area contributed by atoms with Gasteiger partial charge >= 0.3 is 0 Å². The monoisotopic (exact) mass is 346 g/mol. The summed E-state index contributed by atoms with van der Waals surface area (Å²) >= 11 is 0. The van der Waals surface area contributed by atoms with Crippen molar-refractivity contribution in [2.75, 3.05) is 6.61 Å². The van der Waals surface area contributed by atoms with Crippen molar-refractivity contribution in [1.29, 1.82) is 0 Å². The summed E-state index contributed by atoms with van der Waals surface area (Å²) in [5.41, 5.74) is 0.507. The molecule has 0 aliphatic carbocycles. The van der Waals surface area contributed by atoms with Crippen LogP contribution in [0.2, 0.25) is 0 Å². The number of Topliss-reactive ketones (excluding diaryl/α,β-unsaturated/α-hetero) is 1. The number of phenols is 1. The molecule has 5 heteroatoms. The molecule has 0 amide bonds. The van der Waals surface area contributed by atoms with Gasteiger partial charge in [-0.2, -0.15) is 0 Å². The van der Waals surface area contributed by atoms with Crippen LogP contribution in [0.1, 0.15) is 45.0 Å². The number of hydrogen-bond donors (Lipinski definition) is 2. The fraction of sp³-hybridized carbons (Fsp3) is 0.350. The Morgan fingerprint density at radius 3 is 2.48 bits per heavy atom. The molecule has 1 aliphatic rings. The van der Waals surface area contributed by atoms with Crippen LogP contribution in [0.25, 0.3) is 11.0 Å². The maximum absolute atomic E-state index is 12.6. The van der Waals surface area contributed by atoms with E-state index in [9.17, 15) is 15.0 Å². The topological polar surface area (TPSA) is 79.9 Å². The van der Waals surface area contributed by atoms with E-state index < -0.39 is 5.92 Å². The number of hydrogen-bond acceptors (Lipinski definition) is 5. The third-order valence-corrected chi connectivity index (χ3v) is 3.34. The summed E-state index contributed by atoms with van der Waals surface area (Å²) in [5.74, 6) is -0.733. The minimum absolute atomic E-state index is 0.0125. The third kappa shape index (κ3) is 4.44. The second-order valence-corrected chi connectivity index (χ2v) is 4.88. The first-order valence-electron chi connectivity index (χ1n) is 8.56. The lowest BCUT2D eigenvalue weighted by Gasteiger charge is -2.09. The number of para-hydroxylation sites is 1. The number of allylic oxidation sites excluding steroid dienone is 2. The highest BCUT2D eigenvalue weighted by atomic mass is 16.6. The molecule has 2 N–H and O–H groups in total. The zero-order valence-corrected chi connectivity index (χ0v) is 15.4. The van der Waals surface area contributed by atoms with E-state index in [2.05, 4.69) is 0 Å². The van der Waals surface area contributed by atoms with Gasteiger partial charge in [0, 0.05) is 11.3 Å². The molecule has 0 saturated heterocycles. The highest BCUT2D eigenvalue weighted by Gasteiger charge is 2.27. The number of ether oxygens (including phenoxy) is 1. The summed E-state index contributed by atoms with van der Waals surface area (Å²) in [5, 5.41) is 20.0. The van der Waals surface area contributed by atoms with E-state index in [1.54, 1.807) is 25.1 Å². The maximum Gasteiger partial charge on any atom is 0.297 e. The van der Waals surface area contributed by atoms with E-state index in [0.29, 0.717) is 5.39 Å². The molecule has 1 unspecified atom stereocenters. The van der Waals surface area contributed by atoms with Crippen LogP contribution in [0.3, 0.4) is 0 Å². The number of furan rings is 1. The van der Waals surface area contributed by atoms with Crippen LogP contribution in [0.5, 0.6) is 11.7 Å². The largest absolute Gasteiger partial charge is 0.508 e. The Kier molecular flexibility index (Phi) is 7.79. The molecule has 25 heavy (non-hydrogen) atoms. The molecular formula is C20H26O5. The Morgan fingerprint density at radius 1 is 1.12 bits per heavy atom. The second-order valence-electron chi connectivity index (χ2n) is 4.88. The minimum atomic E-state index is -0.543. The molecule has 0 fully saturated rings. The van der Waals surface area contributed by atoms with Gasteiger partial charge in [-0.3, -0.25) is 4.79 Å². The summed E-state index contributed by atoms with van der Waals surface area (Å²) in [6.45, 7) is 9.83. The molecule has 0 bridgehead atoms. The first kappa shape index (κ1) is 20.4. The van der Waals surface area contributed by atoms with E-state index >= 15 is 0 Å². The first-order valence-corrected chi connectivity index (χ1v) is 8.56. The Hall–Kier alpha value is -2.69. The van der Waals surface area contributed by atoms with Gasteiger partial charge in [0.2, 0.25) is 0 Å². The molecular weight excluding hydrogens is 320 g/mol. The van der Waals surface area contributed by atoms with Gasteiger partial charge in [0.25, 0.3) is 5.95 Å². The summed E-state index contributed by atoms with van der Waals surface area (Å²) < 4.78 is 10.9. The molecule has 136 valence electrons. The van der Waals surface area contributed by atoms with Crippen LogP contribution in [0.4, 0.5) is 0 Å². The number of benzene rings is 1. The van der Waals surface area contributed by atoms with Gasteiger partial charge in [0.1, 0.15) is 17.9 Å². The summed E-state index contributed by atoms with van der Waals surface area (Å²) in [6, 6.07) is 4.81. The van der Waals surface area contributed by atoms with Gasteiger partial charge in [-0.05, 0) is 30.4 Å². The predicted molar refractivity (Wildman–Crippen MR) is 99.4 cm³/mol. The standard InChI is InChI=1S/C16H14O5.2C2H6/c1-9-8-10(17)4-3-7-20-16-13(14(9)19)11-5-2-6-12(18)15(11)21-16;2*1-2/h2-6,8-9,17-18H,7H2,1H3;2*1-2H3/b4-3-,10-8+;;. The Balaban J connectivity index is 0.000000730. The fourth-order valence-electron chi connectivity index (χ4n) is 2.33. The smallest absolute Gasteiger partial charge is 0.297 e. The quantitative estimate of drug-likeness (QED) is 0.667. The van der Waals surface area contributed by atoms with E-state index in [1.807, 2.05) is 27.7 Å². The van der Waals surface area contributed by atoms with E-state index in [0.717, 1.165) is 0 Å². The molecule has 2 aromatic rings. The van der Waals surface area contributed by atoms with Crippen molar-refractivity contribution in [2.24, 2.45) is 5.92 Å². The van der Waals surface area contributed by atoms with Crippen molar-refractivity contribution in [3.63, 3.8) is 0 Å². The Bertz CT molecular complexity index is 768. The van der Waals surface area contributed by atoms with Crippen molar-refractivity contribution >= 4 is 16.8 Å². The molecule has 1 atom stereocenters. The number of aromatic hydroxyl groups is 1. The van der Waals surface area contributed by atoms with Gasteiger partial charge in [0.15, 0.2) is 17.1 Å². The van der Waals surface area contributed by atoms with E-state index in [4.69, 9.17) is 9.15 Å². The van der Waals surface area contributed by atoms with Crippen LogP contribution < -0.4 is 4.74 Å². The molecule has 5 nitrogen and oxygen atoms in total. The lowest BCUT2D eigenvalue weighted by Crippen LogP contribution is -2.11. The molecule has 0 radical (unpaired) electrons. The number of carbonyl (C=O) groups is 1.